The fourth-order valence-electron chi connectivity index (χ4n) is 4.15. The minimum Gasteiger partial charge on any atom is -0.459 e. The average Bonchev–Trinajstić information content (AvgIpc) is 3.29. The van der Waals surface area contributed by atoms with Crippen molar-refractivity contribution in [1.29, 1.82) is 0 Å². The summed E-state index contributed by atoms with van der Waals surface area (Å²) < 4.78 is 29.0. The van der Waals surface area contributed by atoms with Crippen molar-refractivity contribution in [2.75, 3.05) is 13.2 Å². The molecule has 0 spiro atoms. The Bertz CT molecular complexity index is 1000. The van der Waals surface area contributed by atoms with Gasteiger partial charge in [-0.05, 0) is 31.5 Å². The Balaban J connectivity index is 1.56. The number of fused-ring (bicyclic) bond motifs is 1. The summed E-state index contributed by atoms with van der Waals surface area (Å²) >= 11 is 0. The molecule has 10 nitrogen and oxygen atoms in total. The molecule has 10 heteroatoms. The summed E-state index contributed by atoms with van der Waals surface area (Å²) in [5, 5.41) is 22.9. The van der Waals surface area contributed by atoms with E-state index in [1.807, 2.05) is 30.3 Å². The zero-order valence-corrected chi connectivity index (χ0v) is 18.9. The van der Waals surface area contributed by atoms with E-state index in [0.717, 1.165) is 5.56 Å². The monoisotopic (exact) mass is 473 g/mol. The van der Waals surface area contributed by atoms with E-state index in [2.05, 4.69) is 0 Å². The molecular weight excluding hydrogens is 446 g/mol. The van der Waals surface area contributed by atoms with Crippen LogP contribution >= 0.6 is 0 Å². The Kier molecular flexibility index (Phi) is 6.96. The molecular formula is C24H27NO9. The van der Waals surface area contributed by atoms with Crippen molar-refractivity contribution in [3.05, 3.63) is 81.9 Å². The van der Waals surface area contributed by atoms with E-state index >= 15 is 0 Å². The third kappa shape index (κ3) is 5.43. The third-order valence-corrected chi connectivity index (χ3v) is 5.67. The Labute approximate surface area is 196 Å². The molecule has 4 rings (SSSR count). The number of carbonyl (C=O) groups is 1. The molecule has 2 aromatic carbocycles. The molecule has 0 radical (unpaired) electrons. The van der Waals surface area contributed by atoms with E-state index in [9.17, 15) is 20.0 Å². The zero-order chi connectivity index (χ0) is 24.3. The summed E-state index contributed by atoms with van der Waals surface area (Å²) in [6.45, 7) is 1.95. The number of ether oxygens (including phenoxy) is 5. The van der Waals surface area contributed by atoms with Gasteiger partial charge in [-0.2, -0.15) is 0 Å². The number of nitro groups is 1. The lowest BCUT2D eigenvalue weighted by atomic mass is 9.92. The Hall–Kier alpha value is -2.89. The number of esters is 1. The highest BCUT2D eigenvalue weighted by atomic mass is 16.8. The lowest BCUT2D eigenvalue weighted by Crippen LogP contribution is -2.57. The largest absolute Gasteiger partial charge is 0.459 e. The van der Waals surface area contributed by atoms with Crippen LogP contribution in [0.4, 0.5) is 0 Å². The molecule has 5 atom stereocenters. The molecule has 0 amide bonds. The van der Waals surface area contributed by atoms with Gasteiger partial charge in [0, 0.05) is 4.92 Å². The predicted octanol–water partition coefficient (Wildman–Crippen LogP) is 2.31. The highest BCUT2D eigenvalue weighted by molar-refractivity contribution is 5.89. The zero-order valence-electron chi connectivity index (χ0n) is 18.9. The third-order valence-electron chi connectivity index (χ3n) is 5.67. The molecule has 0 saturated carbocycles. The molecule has 2 fully saturated rings. The highest BCUT2D eigenvalue weighted by Gasteiger charge is 2.62. The van der Waals surface area contributed by atoms with Crippen molar-refractivity contribution in [3.63, 3.8) is 0 Å². The minimum atomic E-state index is -2.20. The topological polar surface area (TPSA) is 127 Å². The van der Waals surface area contributed by atoms with Gasteiger partial charge in [-0.25, -0.2) is 4.79 Å². The van der Waals surface area contributed by atoms with Gasteiger partial charge in [-0.15, -0.1) is 0 Å². The van der Waals surface area contributed by atoms with Crippen LogP contribution in [-0.2, 0) is 30.3 Å². The van der Waals surface area contributed by atoms with Crippen LogP contribution in [0.3, 0.4) is 0 Å². The van der Waals surface area contributed by atoms with E-state index in [4.69, 9.17) is 23.7 Å². The van der Waals surface area contributed by atoms with Crippen LogP contribution < -0.4 is 0 Å². The molecule has 0 aromatic heterocycles. The predicted molar refractivity (Wildman–Crippen MR) is 117 cm³/mol. The molecule has 182 valence electrons. The van der Waals surface area contributed by atoms with Gasteiger partial charge in [-0.1, -0.05) is 48.5 Å². The van der Waals surface area contributed by atoms with Crippen LogP contribution in [0, 0.1) is 10.1 Å². The standard InChI is InChI=1S/C24H27NO9/c1-23(2)33-19-18(30-13-16-9-5-3-6-10-16)20(32-22(19)34-23)24(27,14-25(28)29)15-31-21(26)17-11-7-4-8-12-17/h3-12,18-20,22,27H,13-15H2,1-2H3/t18-,19-,20+,22-,24+/m1/s1. The fraction of sp³-hybridized carbons (Fsp3) is 0.458. The first kappa shape index (κ1) is 24.2. The van der Waals surface area contributed by atoms with Gasteiger partial charge < -0.3 is 28.8 Å². The molecule has 2 aromatic rings. The number of carbonyl (C=O) groups excluding carboxylic acids is 1. The Morgan fingerprint density at radius 2 is 1.76 bits per heavy atom. The number of aliphatic hydroxyl groups is 1. The van der Waals surface area contributed by atoms with Crippen molar-refractivity contribution in [1.82, 2.24) is 0 Å². The minimum absolute atomic E-state index is 0.150. The normalized spacial score (nSPS) is 27.0. The molecule has 2 heterocycles. The lowest BCUT2D eigenvalue weighted by molar-refractivity contribution is -0.507. The van der Waals surface area contributed by atoms with Crippen molar-refractivity contribution in [2.24, 2.45) is 0 Å². The van der Waals surface area contributed by atoms with Gasteiger partial charge in [0.15, 0.2) is 17.7 Å². The number of nitrogens with zero attached hydrogens (tertiary/aromatic N) is 1. The number of hydrogen-bond acceptors (Lipinski definition) is 9. The summed E-state index contributed by atoms with van der Waals surface area (Å²) in [5.74, 6) is -1.69. The van der Waals surface area contributed by atoms with Crippen LogP contribution in [0.2, 0.25) is 0 Å². The maximum Gasteiger partial charge on any atom is 0.338 e. The summed E-state index contributed by atoms with van der Waals surface area (Å²) in [4.78, 5) is 23.2. The first-order chi connectivity index (χ1) is 16.2. The summed E-state index contributed by atoms with van der Waals surface area (Å²) in [5.41, 5.74) is -1.09. The van der Waals surface area contributed by atoms with Crippen LogP contribution in [0.5, 0.6) is 0 Å². The Morgan fingerprint density at radius 1 is 1.12 bits per heavy atom. The van der Waals surface area contributed by atoms with E-state index < -0.39 is 60.0 Å². The van der Waals surface area contributed by atoms with Gasteiger partial charge in [0.25, 0.3) is 0 Å². The van der Waals surface area contributed by atoms with E-state index in [-0.39, 0.29) is 12.2 Å². The molecule has 2 aliphatic heterocycles. The van der Waals surface area contributed by atoms with Crippen LogP contribution in [0.15, 0.2) is 60.7 Å². The molecule has 0 aliphatic carbocycles. The molecule has 1 N–H and O–H groups in total. The van der Waals surface area contributed by atoms with Crippen molar-refractivity contribution in [3.8, 4) is 0 Å². The molecule has 34 heavy (non-hydrogen) atoms. The second-order valence-electron chi connectivity index (χ2n) is 8.82. The van der Waals surface area contributed by atoms with Gasteiger partial charge in [0.2, 0.25) is 6.54 Å². The first-order valence-corrected chi connectivity index (χ1v) is 10.9. The maximum atomic E-state index is 12.4. The molecule has 2 saturated heterocycles. The molecule has 2 aliphatic rings. The average molecular weight is 473 g/mol. The van der Waals surface area contributed by atoms with Crippen molar-refractivity contribution >= 4 is 5.97 Å². The van der Waals surface area contributed by atoms with Crippen molar-refractivity contribution < 1.29 is 38.5 Å². The van der Waals surface area contributed by atoms with E-state index in [1.165, 1.54) is 0 Å². The number of benzene rings is 2. The summed E-state index contributed by atoms with van der Waals surface area (Å²) in [6, 6.07) is 17.4. The number of rotatable bonds is 9. The second kappa shape index (κ2) is 9.77. The van der Waals surface area contributed by atoms with Crippen LogP contribution in [-0.4, -0.2) is 65.1 Å². The summed E-state index contributed by atoms with van der Waals surface area (Å²) in [7, 11) is 0. The van der Waals surface area contributed by atoms with E-state index in [1.54, 1.807) is 44.2 Å². The Morgan fingerprint density at radius 3 is 2.41 bits per heavy atom. The van der Waals surface area contributed by atoms with E-state index in [0.29, 0.717) is 0 Å². The maximum absolute atomic E-state index is 12.4. The SMILES string of the molecule is CC1(C)O[C@H]2O[C@H]([C@@](O)(COC(=O)c3ccccc3)C[N+](=O)[O-])[C@H](OCc3ccccc3)[C@H]2O1. The van der Waals surface area contributed by atoms with Crippen LogP contribution in [0.25, 0.3) is 0 Å². The van der Waals surface area contributed by atoms with Crippen molar-refractivity contribution in [2.45, 2.75) is 56.4 Å². The number of hydrogen-bond donors (Lipinski definition) is 1. The van der Waals surface area contributed by atoms with Gasteiger partial charge >= 0.3 is 5.97 Å². The van der Waals surface area contributed by atoms with Gasteiger partial charge in [0.05, 0.1) is 12.2 Å². The van der Waals surface area contributed by atoms with Crippen LogP contribution in [0.1, 0.15) is 29.8 Å². The first-order valence-electron chi connectivity index (χ1n) is 10.9. The second-order valence-corrected chi connectivity index (χ2v) is 8.82. The summed E-state index contributed by atoms with van der Waals surface area (Å²) in [6.07, 6.45) is -3.83. The molecule has 0 bridgehead atoms. The lowest BCUT2D eigenvalue weighted by Gasteiger charge is -2.34. The van der Waals surface area contributed by atoms with Gasteiger partial charge in [0.1, 0.15) is 24.9 Å². The van der Waals surface area contributed by atoms with Gasteiger partial charge in [-0.3, -0.25) is 10.1 Å². The molecule has 0 unspecified atom stereocenters. The smallest absolute Gasteiger partial charge is 0.338 e. The quantitative estimate of drug-likeness (QED) is 0.332. The highest BCUT2D eigenvalue weighted by Crippen LogP contribution is 2.42. The fourth-order valence-corrected chi connectivity index (χ4v) is 4.15.